The van der Waals surface area contributed by atoms with Crippen LogP contribution in [-0.4, -0.2) is 23.0 Å². The molecule has 4 heteroatoms. The molecule has 0 radical (unpaired) electrons. The summed E-state index contributed by atoms with van der Waals surface area (Å²) in [5.41, 5.74) is 0.908. The highest BCUT2D eigenvalue weighted by Gasteiger charge is 2.25. The second-order valence-electron chi connectivity index (χ2n) is 4.75. The lowest BCUT2D eigenvalue weighted by molar-refractivity contribution is -0.137. The molecule has 1 unspecified atom stereocenters. The van der Waals surface area contributed by atoms with Crippen LogP contribution >= 0.6 is 0 Å². The van der Waals surface area contributed by atoms with Gasteiger partial charge in [-0.25, -0.2) is 0 Å². The molecule has 0 spiro atoms. The average Bonchev–Trinajstić information content (AvgIpc) is 3.12. The van der Waals surface area contributed by atoms with Gasteiger partial charge in [0, 0.05) is 18.4 Å². The fourth-order valence-corrected chi connectivity index (χ4v) is 1.98. The molecule has 1 amide bonds. The highest BCUT2D eigenvalue weighted by Crippen LogP contribution is 2.25. The van der Waals surface area contributed by atoms with Crippen LogP contribution in [0.1, 0.15) is 37.2 Å². The van der Waals surface area contributed by atoms with E-state index in [4.69, 9.17) is 5.11 Å². The van der Waals surface area contributed by atoms with Gasteiger partial charge in [0.25, 0.3) is 0 Å². The van der Waals surface area contributed by atoms with Crippen LogP contribution in [-0.2, 0) is 9.59 Å². The molecular formula is C14H17NO3. The Morgan fingerprint density at radius 2 is 1.89 bits per heavy atom. The monoisotopic (exact) mass is 247 g/mol. The second-order valence-corrected chi connectivity index (χ2v) is 4.75. The minimum atomic E-state index is -0.872. The summed E-state index contributed by atoms with van der Waals surface area (Å²) in [6.07, 6.45) is 2.32. The molecule has 1 atom stereocenters. The lowest BCUT2D eigenvalue weighted by atomic mass is 9.92. The predicted molar refractivity (Wildman–Crippen MR) is 67.2 cm³/mol. The number of carbonyl (C=O) groups is 2. The maximum absolute atomic E-state index is 11.8. The van der Waals surface area contributed by atoms with Crippen molar-refractivity contribution in [1.29, 1.82) is 0 Å². The van der Waals surface area contributed by atoms with Gasteiger partial charge in [-0.1, -0.05) is 30.3 Å². The van der Waals surface area contributed by atoms with Crippen molar-refractivity contribution in [3.05, 3.63) is 35.9 Å². The first kappa shape index (κ1) is 12.6. The third-order valence-electron chi connectivity index (χ3n) is 3.07. The molecule has 96 valence electrons. The van der Waals surface area contributed by atoms with E-state index >= 15 is 0 Å². The number of hydrogen-bond acceptors (Lipinski definition) is 2. The van der Waals surface area contributed by atoms with E-state index in [9.17, 15) is 9.59 Å². The molecule has 0 heterocycles. The predicted octanol–water partition coefficient (Wildman–Crippen LogP) is 1.91. The van der Waals surface area contributed by atoms with Crippen LogP contribution in [0.15, 0.2) is 30.3 Å². The first-order valence-corrected chi connectivity index (χ1v) is 6.21. The van der Waals surface area contributed by atoms with Gasteiger partial charge in [0.2, 0.25) is 5.91 Å². The van der Waals surface area contributed by atoms with Gasteiger partial charge in [-0.05, 0) is 18.4 Å². The molecule has 1 aliphatic carbocycles. The van der Waals surface area contributed by atoms with E-state index in [0.717, 1.165) is 18.4 Å². The quantitative estimate of drug-likeness (QED) is 0.807. The summed E-state index contributed by atoms with van der Waals surface area (Å²) in [5, 5.41) is 11.8. The number of amides is 1. The van der Waals surface area contributed by atoms with Gasteiger partial charge in [-0.15, -0.1) is 0 Å². The molecule has 1 saturated carbocycles. The average molecular weight is 247 g/mol. The Labute approximate surface area is 106 Å². The van der Waals surface area contributed by atoms with E-state index in [1.807, 2.05) is 30.3 Å². The molecule has 1 aliphatic rings. The summed E-state index contributed by atoms with van der Waals surface area (Å²) in [5.74, 6) is -1.17. The van der Waals surface area contributed by atoms with Crippen molar-refractivity contribution in [3.63, 3.8) is 0 Å². The zero-order valence-electron chi connectivity index (χ0n) is 10.1. The molecule has 0 saturated heterocycles. The Morgan fingerprint density at radius 1 is 1.22 bits per heavy atom. The molecule has 0 aliphatic heterocycles. The number of rotatable bonds is 6. The van der Waals surface area contributed by atoms with Crippen molar-refractivity contribution in [3.8, 4) is 0 Å². The van der Waals surface area contributed by atoms with Crippen LogP contribution in [0.5, 0.6) is 0 Å². The Kier molecular flexibility index (Phi) is 3.97. The number of carboxylic acids is 1. The molecule has 2 N–H and O–H groups in total. The standard InChI is InChI=1S/C14H17NO3/c16-13(15-12-6-7-12)8-11(9-14(17)18)10-4-2-1-3-5-10/h1-5,11-12H,6-9H2,(H,15,16)(H,17,18). The molecular weight excluding hydrogens is 230 g/mol. The van der Waals surface area contributed by atoms with Gasteiger partial charge >= 0.3 is 5.97 Å². The van der Waals surface area contributed by atoms with Gasteiger partial charge in [0.05, 0.1) is 6.42 Å². The minimum Gasteiger partial charge on any atom is -0.481 e. The second kappa shape index (κ2) is 5.67. The summed E-state index contributed by atoms with van der Waals surface area (Å²) in [7, 11) is 0. The summed E-state index contributed by atoms with van der Waals surface area (Å²) >= 11 is 0. The number of hydrogen-bond donors (Lipinski definition) is 2. The summed E-state index contributed by atoms with van der Waals surface area (Å²) in [4.78, 5) is 22.6. The first-order chi connectivity index (χ1) is 8.65. The molecule has 4 nitrogen and oxygen atoms in total. The molecule has 0 aromatic heterocycles. The first-order valence-electron chi connectivity index (χ1n) is 6.21. The maximum Gasteiger partial charge on any atom is 0.303 e. The van der Waals surface area contributed by atoms with Crippen LogP contribution in [0.3, 0.4) is 0 Å². The summed E-state index contributed by atoms with van der Waals surface area (Å²) in [6.45, 7) is 0. The van der Waals surface area contributed by atoms with Crippen LogP contribution in [0.4, 0.5) is 0 Å². The van der Waals surface area contributed by atoms with E-state index in [1.165, 1.54) is 0 Å². The van der Waals surface area contributed by atoms with Crippen molar-refractivity contribution in [2.75, 3.05) is 0 Å². The van der Waals surface area contributed by atoms with Crippen molar-refractivity contribution in [1.82, 2.24) is 5.32 Å². The van der Waals surface area contributed by atoms with Crippen LogP contribution in [0, 0.1) is 0 Å². The van der Waals surface area contributed by atoms with E-state index in [1.54, 1.807) is 0 Å². The lowest BCUT2D eigenvalue weighted by Gasteiger charge is -2.15. The SMILES string of the molecule is O=C(O)CC(CC(=O)NC1CC1)c1ccccc1. The normalized spacial score (nSPS) is 16.0. The van der Waals surface area contributed by atoms with Crippen LogP contribution < -0.4 is 5.32 Å². The molecule has 1 aromatic carbocycles. The van der Waals surface area contributed by atoms with Crippen LogP contribution in [0.25, 0.3) is 0 Å². The summed E-state index contributed by atoms with van der Waals surface area (Å²) in [6, 6.07) is 9.67. The van der Waals surface area contributed by atoms with Crippen molar-refractivity contribution >= 4 is 11.9 Å². The van der Waals surface area contributed by atoms with E-state index in [2.05, 4.69) is 5.32 Å². The third-order valence-corrected chi connectivity index (χ3v) is 3.07. The van der Waals surface area contributed by atoms with Gasteiger partial charge in [-0.3, -0.25) is 9.59 Å². The molecule has 1 aromatic rings. The highest BCUT2D eigenvalue weighted by molar-refractivity contribution is 5.78. The van der Waals surface area contributed by atoms with E-state index < -0.39 is 5.97 Å². The lowest BCUT2D eigenvalue weighted by Crippen LogP contribution is -2.27. The number of benzene rings is 1. The molecule has 2 rings (SSSR count). The fraction of sp³-hybridized carbons (Fsp3) is 0.429. The van der Waals surface area contributed by atoms with Gasteiger partial charge in [0.15, 0.2) is 0 Å². The maximum atomic E-state index is 11.8. The smallest absolute Gasteiger partial charge is 0.303 e. The topological polar surface area (TPSA) is 66.4 Å². The zero-order valence-corrected chi connectivity index (χ0v) is 10.1. The van der Waals surface area contributed by atoms with Crippen molar-refractivity contribution < 1.29 is 14.7 Å². The number of carbonyl (C=O) groups excluding carboxylic acids is 1. The van der Waals surface area contributed by atoms with Gasteiger partial charge < -0.3 is 10.4 Å². The Balaban J connectivity index is 1.99. The molecule has 18 heavy (non-hydrogen) atoms. The highest BCUT2D eigenvalue weighted by atomic mass is 16.4. The van der Waals surface area contributed by atoms with Gasteiger partial charge in [-0.2, -0.15) is 0 Å². The van der Waals surface area contributed by atoms with Crippen molar-refractivity contribution in [2.45, 2.75) is 37.6 Å². The summed E-state index contributed by atoms with van der Waals surface area (Å²) < 4.78 is 0. The molecule has 1 fully saturated rings. The fourth-order valence-electron chi connectivity index (χ4n) is 1.98. The minimum absolute atomic E-state index is 0.0118. The number of carboxylic acid groups (broad SMARTS) is 1. The Morgan fingerprint density at radius 3 is 2.44 bits per heavy atom. The Hall–Kier alpha value is -1.84. The largest absolute Gasteiger partial charge is 0.481 e. The number of nitrogens with one attached hydrogen (secondary N) is 1. The van der Waals surface area contributed by atoms with Crippen molar-refractivity contribution in [2.24, 2.45) is 0 Å². The third kappa shape index (κ3) is 3.87. The van der Waals surface area contributed by atoms with Gasteiger partial charge in [0.1, 0.15) is 0 Å². The zero-order chi connectivity index (χ0) is 13.0. The van der Waals surface area contributed by atoms with E-state index in [-0.39, 0.29) is 24.7 Å². The van der Waals surface area contributed by atoms with Crippen LogP contribution in [0.2, 0.25) is 0 Å². The van der Waals surface area contributed by atoms with E-state index in [0.29, 0.717) is 6.04 Å². The molecule has 0 bridgehead atoms. The number of aliphatic carboxylic acids is 1. The Bertz CT molecular complexity index is 426.